The number of fused-ring (bicyclic) bond motifs is 1. The van der Waals surface area contributed by atoms with E-state index in [0.717, 1.165) is 30.3 Å². The molecule has 0 spiro atoms. The minimum Gasteiger partial charge on any atom is -0.381 e. The predicted octanol–water partition coefficient (Wildman–Crippen LogP) is 1.84. The first kappa shape index (κ1) is 17.6. The zero-order valence-electron chi connectivity index (χ0n) is 14.3. The zero-order chi connectivity index (χ0) is 18.3. The Balaban J connectivity index is 1.48. The maximum Gasteiger partial charge on any atom is 0.411 e. The number of nitrogens with zero attached hydrogens (tertiary/aromatic N) is 4. The molecule has 4 atom stereocenters. The van der Waals surface area contributed by atoms with Gasteiger partial charge >= 0.3 is 6.18 Å². The predicted molar refractivity (Wildman–Crippen MR) is 85.4 cm³/mol. The molecule has 2 fully saturated rings. The van der Waals surface area contributed by atoms with E-state index in [1.807, 2.05) is 0 Å². The fourth-order valence-electron chi connectivity index (χ4n) is 4.26. The Labute approximate surface area is 148 Å². The summed E-state index contributed by atoms with van der Waals surface area (Å²) in [5.74, 6) is 0.0687. The first-order valence-corrected chi connectivity index (χ1v) is 9.03. The number of carbonyl (C=O) groups excluding carboxylic acids is 1. The molecule has 0 radical (unpaired) electrons. The number of halogens is 3. The average molecular weight is 373 g/mol. The molecule has 144 valence electrons. The largest absolute Gasteiger partial charge is 0.411 e. The number of anilines is 1. The van der Waals surface area contributed by atoms with Gasteiger partial charge in [0.25, 0.3) is 0 Å². The number of nitrogens with one attached hydrogen (secondary N) is 1. The van der Waals surface area contributed by atoms with Crippen LogP contribution in [-0.2, 0) is 9.53 Å². The van der Waals surface area contributed by atoms with Crippen molar-refractivity contribution in [3.63, 3.8) is 0 Å². The molecule has 4 heterocycles. The van der Waals surface area contributed by atoms with Crippen LogP contribution in [0, 0.1) is 11.8 Å². The van der Waals surface area contributed by atoms with Gasteiger partial charge in [0.05, 0.1) is 12.5 Å². The summed E-state index contributed by atoms with van der Waals surface area (Å²) in [6.07, 6.45) is -1.03. The monoisotopic (exact) mass is 373 g/mol. The van der Waals surface area contributed by atoms with Crippen LogP contribution in [0.25, 0.3) is 0 Å². The molecule has 3 aliphatic heterocycles. The number of alkyl halides is 3. The van der Waals surface area contributed by atoms with E-state index in [1.165, 1.54) is 0 Å². The Kier molecular flexibility index (Phi) is 4.54. The molecular weight excluding hydrogens is 351 g/mol. The minimum atomic E-state index is -4.38. The first-order valence-electron chi connectivity index (χ1n) is 9.03. The summed E-state index contributed by atoms with van der Waals surface area (Å²) in [5.41, 5.74) is 0. The quantitative estimate of drug-likeness (QED) is 0.857. The normalized spacial score (nSPS) is 32.2. The van der Waals surface area contributed by atoms with Gasteiger partial charge in [-0.15, -0.1) is 0 Å². The molecular formula is C16H22F3N5O2. The van der Waals surface area contributed by atoms with Gasteiger partial charge in [0, 0.05) is 25.7 Å². The Morgan fingerprint density at radius 3 is 2.92 bits per heavy atom. The Morgan fingerprint density at radius 1 is 1.35 bits per heavy atom. The van der Waals surface area contributed by atoms with Crippen LogP contribution >= 0.6 is 0 Å². The van der Waals surface area contributed by atoms with Crippen LogP contribution in [0.1, 0.15) is 31.7 Å². The van der Waals surface area contributed by atoms with Gasteiger partial charge in [-0.1, -0.05) is 0 Å². The summed E-state index contributed by atoms with van der Waals surface area (Å²) in [5, 5.41) is 6.83. The van der Waals surface area contributed by atoms with Gasteiger partial charge in [0.2, 0.25) is 11.9 Å². The number of ether oxygens (including phenoxy) is 1. The van der Waals surface area contributed by atoms with Gasteiger partial charge < -0.3 is 15.0 Å². The lowest BCUT2D eigenvalue weighted by atomic mass is 9.85. The van der Waals surface area contributed by atoms with Crippen LogP contribution in [0.3, 0.4) is 0 Å². The van der Waals surface area contributed by atoms with Crippen molar-refractivity contribution in [3.05, 3.63) is 6.33 Å². The van der Waals surface area contributed by atoms with E-state index in [1.54, 1.807) is 4.90 Å². The van der Waals surface area contributed by atoms with E-state index in [4.69, 9.17) is 4.74 Å². The number of piperidine rings is 1. The van der Waals surface area contributed by atoms with E-state index in [2.05, 4.69) is 15.4 Å². The molecule has 1 aromatic rings. The highest BCUT2D eigenvalue weighted by atomic mass is 19.4. The topological polar surface area (TPSA) is 72.3 Å². The van der Waals surface area contributed by atoms with Gasteiger partial charge in [-0.05, 0) is 31.6 Å². The molecule has 1 amide bonds. The first-order chi connectivity index (χ1) is 12.4. The highest BCUT2D eigenvalue weighted by Gasteiger charge is 2.48. The number of hydrogen-bond acceptors (Lipinski definition) is 5. The molecule has 26 heavy (non-hydrogen) atoms. The number of amides is 1. The van der Waals surface area contributed by atoms with Crippen LogP contribution in [-0.4, -0.2) is 64.1 Å². The fourth-order valence-corrected chi connectivity index (χ4v) is 4.26. The number of carbonyl (C=O) groups is 1. The van der Waals surface area contributed by atoms with Crippen molar-refractivity contribution < 1.29 is 22.7 Å². The third-order valence-electron chi connectivity index (χ3n) is 5.66. The van der Waals surface area contributed by atoms with Crippen LogP contribution < -0.4 is 5.32 Å². The summed E-state index contributed by atoms with van der Waals surface area (Å²) in [4.78, 5) is 18.4. The fraction of sp³-hybridized carbons (Fsp3) is 0.812. The average Bonchev–Trinajstić information content (AvgIpc) is 3.31. The van der Waals surface area contributed by atoms with Gasteiger partial charge in [-0.2, -0.15) is 23.3 Å². The van der Waals surface area contributed by atoms with E-state index in [-0.39, 0.29) is 36.2 Å². The van der Waals surface area contributed by atoms with Crippen molar-refractivity contribution in [2.75, 3.05) is 31.6 Å². The molecule has 1 aromatic heterocycles. The Bertz CT molecular complexity index is 659. The lowest BCUT2D eigenvalue weighted by Crippen LogP contribution is -2.50. The van der Waals surface area contributed by atoms with Gasteiger partial charge in [-0.3, -0.25) is 4.79 Å². The Morgan fingerprint density at radius 2 is 2.19 bits per heavy atom. The molecule has 0 saturated carbocycles. The van der Waals surface area contributed by atoms with Crippen molar-refractivity contribution in [3.8, 4) is 0 Å². The van der Waals surface area contributed by atoms with Crippen molar-refractivity contribution in [1.82, 2.24) is 19.7 Å². The lowest BCUT2D eigenvalue weighted by molar-refractivity contribution is -0.175. The van der Waals surface area contributed by atoms with Crippen molar-refractivity contribution in [2.45, 2.75) is 43.9 Å². The zero-order valence-corrected chi connectivity index (χ0v) is 14.3. The smallest absolute Gasteiger partial charge is 0.381 e. The van der Waals surface area contributed by atoms with E-state index in [0.29, 0.717) is 26.3 Å². The maximum absolute atomic E-state index is 13.5. The lowest BCUT2D eigenvalue weighted by Gasteiger charge is -2.41. The molecule has 0 aliphatic carbocycles. The van der Waals surface area contributed by atoms with Gasteiger partial charge in [0.1, 0.15) is 6.33 Å². The molecule has 2 saturated heterocycles. The molecule has 7 nitrogen and oxygen atoms in total. The van der Waals surface area contributed by atoms with Crippen molar-refractivity contribution in [1.29, 1.82) is 0 Å². The van der Waals surface area contributed by atoms with Crippen LogP contribution in [0.5, 0.6) is 0 Å². The summed E-state index contributed by atoms with van der Waals surface area (Å²) in [6, 6.07) is -2.06. The summed E-state index contributed by atoms with van der Waals surface area (Å²) >= 11 is 0. The van der Waals surface area contributed by atoms with Crippen molar-refractivity contribution in [2.24, 2.45) is 11.8 Å². The number of rotatable bonds is 2. The third kappa shape index (κ3) is 3.26. The van der Waals surface area contributed by atoms with Crippen LogP contribution in [0.15, 0.2) is 6.33 Å². The summed E-state index contributed by atoms with van der Waals surface area (Å²) in [7, 11) is 0. The minimum absolute atomic E-state index is 0.0367. The second-order valence-electron chi connectivity index (χ2n) is 7.32. The van der Waals surface area contributed by atoms with Gasteiger partial charge in [-0.25, -0.2) is 4.68 Å². The van der Waals surface area contributed by atoms with E-state index in [9.17, 15) is 18.0 Å². The number of likely N-dealkylation sites (tertiary alicyclic amines) is 1. The molecule has 3 aliphatic rings. The van der Waals surface area contributed by atoms with Crippen LogP contribution in [0.4, 0.5) is 19.1 Å². The SMILES string of the molecule is O=C([C@@H]1CCOC1)N1CCC[C@H]([C@@H]2C[C@H](C(F)(F)F)n3ncnc3N2)C1. The summed E-state index contributed by atoms with van der Waals surface area (Å²) in [6.45, 7) is 2.19. The standard InChI is InChI=1S/C16H22F3N5O2/c17-16(18,19)13-6-12(22-15-20-9-21-24(13)15)10-2-1-4-23(7-10)14(25)11-3-5-26-8-11/h9-13H,1-8H2,(H,20,21,22)/t10-,11+,12-,13+/m0/s1. The molecule has 1 N–H and O–H groups in total. The number of hydrogen-bond donors (Lipinski definition) is 1. The second kappa shape index (κ2) is 6.71. The van der Waals surface area contributed by atoms with Crippen molar-refractivity contribution >= 4 is 11.9 Å². The highest BCUT2D eigenvalue weighted by molar-refractivity contribution is 5.79. The third-order valence-corrected chi connectivity index (χ3v) is 5.66. The Hall–Kier alpha value is -1.84. The maximum atomic E-state index is 13.5. The molecule has 0 unspecified atom stereocenters. The molecule has 10 heteroatoms. The van der Waals surface area contributed by atoms with Gasteiger partial charge in [0.15, 0.2) is 6.04 Å². The van der Waals surface area contributed by atoms with Crippen LogP contribution in [0.2, 0.25) is 0 Å². The van der Waals surface area contributed by atoms with E-state index < -0.39 is 12.2 Å². The summed E-state index contributed by atoms with van der Waals surface area (Å²) < 4.78 is 46.6. The highest BCUT2D eigenvalue weighted by Crippen LogP contribution is 2.41. The molecule has 0 bridgehead atoms. The van der Waals surface area contributed by atoms with E-state index >= 15 is 0 Å². The molecule has 4 rings (SSSR count). The second-order valence-corrected chi connectivity index (χ2v) is 7.32. The molecule has 0 aromatic carbocycles. The number of aromatic nitrogens is 3.